The largest absolute Gasteiger partial charge is 0.497 e. The van der Waals surface area contributed by atoms with Crippen molar-refractivity contribution < 1.29 is 29.0 Å². The number of benzene rings is 3. The molecule has 42 heavy (non-hydrogen) atoms. The molecule has 3 N–H and O–H groups in total. The van der Waals surface area contributed by atoms with Crippen LogP contribution in [-0.2, 0) is 16.1 Å². The molecule has 0 saturated carbocycles. The topological polar surface area (TPSA) is 143 Å². The van der Waals surface area contributed by atoms with Crippen molar-refractivity contribution in [3.63, 3.8) is 0 Å². The Balaban J connectivity index is 0.000000279. The van der Waals surface area contributed by atoms with E-state index in [9.17, 15) is 14.4 Å². The molecule has 0 aliphatic heterocycles. The lowest BCUT2D eigenvalue weighted by atomic mass is 10.2. The normalized spacial score (nSPS) is 10.5. The number of hydrogen-bond donors (Lipinski definition) is 3. The third kappa shape index (κ3) is 8.36. The van der Waals surface area contributed by atoms with Crippen molar-refractivity contribution in [3.05, 3.63) is 82.3 Å². The number of aromatic carboxylic acids is 1. The summed E-state index contributed by atoms with van der Waals surface area (Å²) in [5, 5.41) is 13.7. The summed E-state index contributed by atoms with van der Waals surface area (Å²) in [5.74, 6) is -0.384. The second-order valence-corrected chi connectivity index (χ2v) is 10.9. The lowest BCUT2D eigenvalue weighted by Crippen LogP contribution is -2.43. The third-order valence-electron chi connectivity index (χ3n) is 5.73. The van der Waals surface area contributed by atoms with Crippen LogP contribution in [0.3, 0.4) is 0 Å². The average Bonchev–Trinajstić information content (AvgIpc) is 3.61. The summed E-state index contributed by atoms with van der Waals surface area (Å²) in [4.78, 5) is 42.8. The van der Waals surface area contributed by atoms with Crippen LogP contribution >= 0.6 is 34.3 Å². The van der Waals surface area contributed by atoms with Crippen LogP contribution in [0.4, 0.5) is 9.93 Å². The van der Waals surface area contributed by atoms with Gasteiger partial charge in [0, 0.05) is 18.5 Å². The van der Waals surface area contributed by atoms with Crippen LogP contribution in [-0.4, -0.2) is 58.3 Å². The third-order valence-corrected chi connectivity index (χ3v) is 7.82. The summed E-state index contributed by atoms with van der Waals surface area (Å²) >= 11 is 8.88. The van der Waals surface area contributed by atoms with Crippen LogP contribution in [0, 0.1) is 0 Å². The molecule has 14 heteroatoms. The number of hydrazine groups is 1. The number of nitrogens with zero attached hydrogens (tertiary/aromatic N) is 3. The molecule has 0 unspecified atom stereocenters. The Hall–Kier alpha value is -4.30. The smallest absolute Gasteiger partial charge is 0.413 e. The first-order valence-electron chi connectivity index (χ1n) is 12.4. The molecule has 2 aromatic heterocycles. The molecule has 2 amide bonds. The molecule has 0 aliphatic rings. The van der Waals surface area contributed by atoms with E-state index in [1.807, 2.05) is 30.3 Å². The molecular formula is C28H26ClN5O6S2. The second-order valence-electron chi connectivity index (χ2n) is 8.55. The summed E-state index contributed by atoms with van der Waals surface area (Å²) in [5.41, 5.74) is 7.47. The number of carboxylic acids is 1. The highest BCUT2D eigenvalue weighted by Gasteiger charge is 2.13. The van der Waals surface area contributed by atoms with Crippen molar-refractivity contribution in [1.82, 2.24) is 20.4 Å². The first-order valence-corrected chi connectivity index (χ1v) is 14.5. The Labute approximate surface area is 253 Å². The predicted molar refractivity (Wildman–Crippen MR) is 163 cm³/mol. The van der Waals surface area contributed by atoms with E-state index < -0.39 is 12.1 Å². The van der Waals surface area contributed by atoms with Gasteiger partial charge in [-0.25, -0.2) is 25.0 Å². The number of halogens is 1. The Morgan fingerprint density at radius 2 is 1.83 bits per heavy atom. The SMILES string of the molecule is COc1ccc2nc(NC(=O)OCCN(NCc3ccccc3Cl)C(C)=O)sc2c1.O=C(O)c1ccc2ncsc2c1. The van der Waals surface area contributed by atoms with Gasteiger partial charge in [0.15, 0.2) is 5.13 Å². The Bertz CT molecular complexity index is 1710. The standard InChI is InChI=1S/C20H21ClN4O4S.C8H5NO2S/c1-13(26)25(22-12-14-5-3-4-6-16(14)21)9-10-29-20(27)24-19-23-17-8-7-15(28-2)11-18(17)30-19;10-8(11)5-1-2-6-7(3-5)12-4-9-6/h3-8,11,22H,9-10,12H2,1-2H3,(H,23,24,27);1-4H,(H,10,11). The van der Waals surface area contributed by atoms with E-state index in [0.29, 0.717) is 28.0 Å². The molecule has 0 radical (unpaired) electrons. The van der Waals surface area contributed by atoms with Crippen LogP contribution in [0.25, 0.3) is 20.4 Å². The van der Waals surface area contributed by atoms with E-state index in [0.717, 1.165) is 26.0 Å². The fourth-order valence-electron chi connectivity index (χ4n) is 3.60. The number of fused-ring (bicyclic) bond motifs is 2. The number of aromatic nitrogens is 2. The molecule has 5 rings (SSSR count). The maximum absolute atomic E-state index is 12.1. The van der Waals surface area contributed by atoms with E-state index in [4.69, 9.17) is 26.2 Å². The second kappa shape index (κ2) is 14.5. The van der Waals surface area contributed by atoms with Gasteiger partial charge in [-0.15, -0.1) is 11.3 Å². The quantitative estimate of drug-likeness (QED) is 0.166. The van der Waals surface area contributed by atoms with Gasteiger partial charge in [0.2, 0.25) is 5.91 Å². The molecule has 0 fully saturated rings. The Kier molecular flexibility index (Phi) is 10.6. The van der Waals surface area contributed by atoms with E-state index in [1.54, 1.807) is 43.0 Å². The monoisotopic (exact) mass is 627 g/mol. The lowest BCUT2D eigenvalue weighted by molar-refractivity contribution is -0.132. The van der Waals surface area contributed by atoms with Gasteiger partial charge >= 0.3 is 12.1 Å². The number of anilines is 1. The van der Waals surface area contributed by atoms with Crippen LogP contribution < -0.4 is 15.5 Å². The summed E-state index contributed by atoms with van der Waals surface area (Å²) in [6.45, 7) is 2.00. The van der Waals surface area contributed by atoms with Gasteiger partial charge in [-0.2, -0.15) is 0 Å². The number of rotatable bonds is 9. The van der Waals surface area contributed by atoms with Gasteiger partial charge in [0.1, 0.15) is 12.4 Å². The number of ether oxygens (including phenoxy) is 2. The minimum absolute atomic E-state index is 0.0135. The minimum Gasteiger partial charge on any atom is -0.497 e. The van der Waals surface area contributed by atoms with Crippen LogP contribution in [0.1, 0.15) is 22.8 Å². The van der Waals surface area contributed by atoms with Crippen molar-refractivity contribution in [2.75, 3.05) is 25.6 Å². The first kappa shape index (κ1) is 30.7. The number of methoxy groups -OCH3 is 1. The van der Waals surface area contributed by atoms with Gasteiger partial charge in [0.05, 0.1) is 45.2 Å². The lowest BCUT2D eigenvalue weighted by Gasteiger charge is -2.22. The predicted octanol–water partition coefficient (Wildman–Crippen LogP) is 6.05. The molecule has 0 bridgehead atoms. The first-order chi connectivity index (χ1) is 20.2. The molecule has 11 nitrogen and oxygen atoms in total. The summed E-state index contributed by atoms with van der Waals surface area (Å²) in [6, 6.07) is 17.7. The van der Waals surface area contributed by atoms with Crippen LogP contribution in [0.5, 0.6) is 5.75 Å². The number of thiazole rings is 2. The van der Waals surface area contributed by atoms with Gasteiger partial charge in [0.25, 0.3) is 0 Å². The summed E-state index contributed by atoms with van der Waals surface area (Å²) in [7, 11) is 1.59. The van der Waals surface area contributed by atoms with E-state index in [2.05, 4.69) is 20.7 Å². The minimum atomic E-state index is -0.898. The molecule has 2 heterocycles. The zero-order valence-electron chi connectivity index (χ0n) is 22.5. The van der Waals surface area contributed by atoms with Crippen molar-refractivity contribution in [2.45, 2.75) is 13.5 Å². The molecule has 0 atom stereocenters. The number of amides is 2. The Morgan fingerprint density at radius 1 is 1.05 bits per heavy atom. The number of carbonyl (C=O) groups excluding carboxylic acids is 2. The molecule has 218 valence electrons. The highest BCUT2D eigenvalue weighted by Crippen LogP contribution is 2.29. The fraction of sp³-hybridized carbons (Fsp3) is 0.179. The molecule has 0 aliphatic carbocycles. The molecule has 3 aromatic carbocycles. The molecule has 0 spiro atoms. The maximum atomic E-state index is 12.1. The van der Waals surface area contributed by atoms with Crippen molar-refractivity contribution in [1.29, 1.82) is 0 Å². The highest BCUT2D eigenvalue weighted by atomic mass is 35.5. The molecule has 0 saturated heterocycles. The van der Waals surface area contributed by atoms with Gasteiger partial charge in [-0.3, -0.25) is 15.1 Å². The van der Waals surface area contributed by atoms with E-state index in [1.165, 1.54) is 34.6 Å². The highest BCUT2D eigenvalue weighted by molar-refractivity contribution is 7.22. The average molecular weight is 628 g/mol. The number of hydrogen-bond acceptors (Lipinski definition) is 10. The number of carboxylic acid groups (broad SMARTS) is 1. The van der Waals surface area contributed by atoms with Crippen molar-refractivity contribution >= 4 is 77.8 Å². The van der Waals surface area contributed by atoms with Crippen LogP contribution in [0.2, 0.25) is 5.02 Å². The fourth-order valence-corrected chi connectivity index (χ4v) is 5.40. The van der Waals surface area contributed by atoms with E-state index in [-0.39, 0.29) is 19.1 Å². The van der Waals surface area contributed by atoms with Gasteiger partial charge < -0.3 is 14.6 Å². The zero-order valence-corrected chi connectivity index (χ0v) is 24.9. The van der Waals surface area contributed by atoms with Crippen molar-refractivity contribution in [3.8, 4) is 5.75 Å². The summed E-state index contributed by atoms with van der Waals surface area (Å²) in [6.07, 6.45) is -0.643. The number of nitrogens with one attached hydrogen (secondary N) is 2. The van der Waals surface area contributed by atoms with Gasteiger partial charge in [-0.1, -0.05) is 41.1 Å². The van der Waals surface area contributed by atoms with E-state index >= 15 is 0 Å². The van der Waals surface area contributed by atoms with Crippen molar-refractivity contribution in [2.24, 2.45) is 0 Å². The van der Waals surface area contributed by atoms with Crippen LogP contribution in [0.15, 0.2) is 66.2 Å². The zero-order chi connectivity index (χ0) is 30.1. The number of carbonyl (C=O) groups is 3. The maximum Gasteiger partial charge on any atom is 0.413 e. The molecular weight excluding hydrogens is 602 g/mol. The Morgan fingerprint density at radius 3 is 2.57 bits per heavy atom. The molecule has 5 aromatic rings. The summed E-state index contributed by atoms with van der Waals surface area (Å²) < 4.78 is 12.2. The van der Waals surface area contributed by atoms with Gasteiger partial charge in [-0.05, 0) is 48.0 Å².